The number of benzene rings is 3. The van der Waals surface area contributed by atoms with Crippen molar-refractivity contribution in [3.63, 3.8) is 0 Å². The molecule has 3 aromatic carbocycles. The Hall–Kier alpha value is -3.02. The Kier molecular flexibility index (Phi) is 7.32. The molecule has 1 aliphatic rings. The van der Waals surface area contributed by atoms with Crippen LogP contribution in [0.15, 0.2) is 72.8 Å². The van der Waals surface area contributed by atoms with Crippen molar-refractivity contribution in [2.75, 3.05) is 33.4 Å². The number of hydrogen-bond donors (Lipinski definition) is 0. The second kappa shape index (κ2) is 10.9. The van der Waals surface area contributed by atoms with E-state index >= 15 is 0 Å². The molecule has 176 valence electrons. The third-order valence-electron chi connectivity index (χ3n) is 6.26. The van der Waals surface area contributed by atoms with Crippen LogP contribution in [0, 0.1) is 0 Å². The summed E-state index contributed by atoms with van der Waals surface area (Å²) in [5.41, 5.74) is 1.09. The highest BCUT2D eigenvalue weighted by atomic mass is 32.1. The van der Waals surface area contributed by atoms with Crippen molar-refractivity contribution in [2.45, 2.75) is 25.7 Å². The minimum Gasteiger partial charge on any atom is -0.497 e. The lowest BCUT2D eigenvalue weighted by Gasteiger charge is -2.26. The maximum absolute atomic E-state index is 6.46. The summed E-state index contributed by atoms with van der Waals surface area (Å²) in [7, 11) is 1.69. The third-order valence-corrected chi connectivity index (χ3v) is 7.46. The average molecular weight is 474 g/mol. The summed E-state index contributed by atoms with van der Waals surface area (Å²) >= 11 is 1.73. The van der Waals surface area contributed by atoms with Gasteiger partial charge in [-0.15, -0.1) is 11.3 Å². The number of methoxy groups -OCH3 is 1. The van der Waals surface area contributed by atoms with E-state index in [-0.39, 0.29) is 0 Å². The van der Waals surface area contributed by atoms with Gasteiger partial charge < -0.3 is 19.1 Å². The van der Waals surface area contributed by atoms with Crippen LogP contribution in [0.25, 0.3) is 20.5 Å². The van der Waals surface area contributed by atoms with Crippen LogP contribution in [0.3, 0.4) is 0 Å². The van der Waals surface area contributed by atoms with Crippen molar-refractivity contribution in [1.29, 1.82) is 0 Å². The minimum absolute atomic E-state index is 0.742. The topological polar surface area (TPSA) is 30.9 Å². The van der Waals surface area contributed by atoms with E-state index in [0.29, 0.717) is 0 Å². The molecular weight excluding hydrogens is 442 g/mol. The van der Waals surface area contributed by atoms with Crippen LogP contribution < -0.4 is 14.2 Å². The van der Waals surface area contributed by atoms with Crippen LogP contribution >= 0.6 is 11.3 Å². The summed E-state index contributed by atoms with van der Waals surface area (Å²) in [5.74, 6) is 3.40. The molecule has 0 N–H and O–H groups in total. The van der Waals surface area contributed by atoms with E-state index in [9.17, 15) is 0 Å². The van der Waals surface area contributed by atoms with Gasteiger partial charge in [0.2, 0.25) is 0 Å². The number of ether oxygens (including phenoxy) is 3. The van der Waals surface area contributed by atoms with Crippen LogP contribution in [0.1, 0.15) is 25.7 Å². The maximum atomic E-state index is 6.46. The zero-order valence-electron chi connectivity index (χ0n) is 19.7. The minimum atomic E-state index is 0.742. The van der Waals surface area contributed by atoms with Gasteiger partial charge in [0.25, 0.3) is 0 Å². The van der Waals surface area contributed by atoms with Crippen LogP contribution in [0.4, 0.5) is 0 Å². The van der Waals surface area contributed by atoms with Crippen LogP contribution in [0.2, 0.25) is 0 Å². The summed E-state index contributed by atoms with van der Waals surface area (Å²) in [6.45, 7) is 4.34. The van der Waals surface area contributed by atoms with Crippen LogP contribution in [-0.4, -0.2) is 38.3 Å². The maximum Gasteiger partial charge on any atom is 0.153 e. The molecule has 34 heavy (non-hydrogen) atoms. The van der Waals surface area contributed by atoms with Gasteiger partial charge in [-0.05, 0) is 86.4 Å². The molecule has 0 atom stereocenters. The number of likely N-dealkylation sites (tertiary alicyclic amines) is 1. The molecule has 0 aliphatic carbocycles. The number of nitrogens with zero attached hydrogens (tertiary/aromatic N) is 1. The molecule has 5 heteroatoms. The average Bonchev–Trinajstić information content (AvgIpc) is 3.26. The zero-order chi connectivity index (χ0) is 23.2. The molecule has 4 aromatic rings. The first-order valence-corrected chi connectivity index (χ1v) is 12.9. The van der Waals surface area contributed by atoms with Gasteiger partial charge in [0.05, 0.1) is 18.6 Å². The van der Waals surface area contributed by atoms with E-state index < -0.39 is 0 Å². The molecule has 0 bridgehead atoms. The summed E-state index contributed by atoms with van der Waals surface area (Å²) in [6, 6.07) is 24.5. The molecule has 4 nitrogen and oxygen atoms in total. The van der Waals surface area contributed by atoms with Gasteiger partial charge in [-0.1, -0.05) is 30.7 Å². The predicted molar refractivity (Wildman–Crippen MR) is 141 cm³/mol. The fourth-order valence-electron chi connectivity index (χ4n) is 4.46. The third kappa shape index (κ3) is 5.37. The van der Waals surface area contributed by atoms with Crippen LogP contribution in [0.5, 0.6) is 23.0 Å². The second-order valence-corrected chi connectivity index (χ2v) is 9.72. The van der Waals surface area contributed by atoms with Crippen molar-refractivity contribution in [3.8, 4) is 33.4 Å². The van der Waals surface area contributed by atoms with Crippen molar-refractivity contribution in [3.05, 3.63) is 72.8 Å². The lowest BCUT2D eigenvalue weighted by Crippen LogP contribution is -2.31. The number of piperidine rings is 1. The first-order valence-electron chi connectivity index (χ1n) is 12.1. The Labute approximate surface area is 205 Å². The lowest BCUT2D eigenvalue weighted by molar-refractivity contribution is 0.205. The quantitative estimate of drug-likeness (QED) is 0.234. The molecular formula is C29H31NO3S. The Balaban J connectivity index is 1.28. The van der Waals surface area contributed by atoms with E-state index in [1.807, 2.05) is 36.4 Å². The normalized spacial score (nSPS) is 14.3. The largest absolute Gasteiger partial charge is 0.497 e. The Morgan fingerprint density at radius 2 is 1.62 bits per heavy atom. The van der Waals surface area contributed by atoms with Crippen LogP contribution in [-0.2, 0) is 0 Å². The van der Waals surface area contributed by atoms with Crippen molar-refractivity contribution in [1.82, 2.24) is 4.90 Å². The fourth-order valence-corrected chi connectivity index (χ4v) is 5.59. The summed E-state index contributed by atoms with van der Waals surface area (Å²) in [5, 5.41) is 1.11. The Bertz CT molecular complexity index is 1210. The highest BCUT2D eigenvalue weighted by molar-refractivity contribution is 7.22. The number of fused-ring (bicyclic) bond motifs is 1. The Morgan fingerprint density at radius 1 is 0.824 bits per heavy atom. The van der Waals surface area contributed by atoms with Crippen molar-refractivity contribution >= 4 is 21.4 Å². The Morgan fingerprint density at radius 3 is 2.44 bits per heavy atom. The van der Waals surface area contributed by atoms with Gasteiger partial charge in [-0.3, -0.25) is 0 Å². The summed E-state index contributed by atoms with van der Waals surface area (Å²) in [4.78, 5) is 3.65. The van der Waals surface area contributed by atoms with Gasteiger partial charge in [0, 0.05) is 16.6 Å². The van der Waals surface area contributed by atoms with Crippen molar-refractivity contribution in [2.24, 2.45) is 0 Å². The number of thiophene rings is 1. The fraction of sp³-hybridized carbons (Fsp3) is 0.310. The molecule has 1 aromatic heterocycles. The molecule has 0 amide bonds. The predicted octanol–water partition coefficient (Wildman–Crippen LogP) is 7.62. The molecule has 1 saturated heterocycles. The second-order valence-electron chi connectivity index (χ2n) is 8.67. The molecule has 1 aliphatic heterocycles. The molecule has 1 fully saturated rings. The highest BCUT2D eigenvalue weighted by Gasteiger charge is 2.17. The van der Waals surface area contributed by atoms with Gasteiger partial charge in [-0.2, -0.15) is 0 Å². The number of hydrogen-bond acceptors (Lipinski definition) is 5. The molecule has 0 unspecified atom stereocenters. The zero-order valence-corrected chi connectivity index (χ0v) is 20.5. The molecule has 5 rings (SSSR count). The smallest absolute Gasteiger partial charge is 0.153 e. The van der Waals surface area contributed by atoms with E-state index in [0.717, 1.165) is 58.4 Å². The SMILES string of the molecule is COc1cccc(-c2sc3ccccc3c2Oc2ccc(OCCCN3CCCCC3)cc2)c1. The first-order chi connectivity index (χ1) is 16.8. The van der Waals surface area contributed by atoms with Gasteiger partial charge in [0.1, 0.15) is 17.2 Å². The van der Waals surface area contributed by atoms with E-state index in [4.69, 9.17) is 14.2 Å². The van der Waals surface area contributed by atoms with Gasteiger partial charge in [-0.25, -0.2) is 0 Å². The monoisotopic (exact) mass is 473 g/mol. The van der Waals surface area contributed by atoms with Gasteiger partial charge >= 0.3 is 0 Å². The van der Waals surface area contributed by atoms with Gasteiger partial charge in [0.15, 0.2) is 5.75 Å². The summed E-state index contributed by atoms with van der Waals surface area (Å²) in [6.07, 6.45) is 5.11. The standard InChI is InChI=1S/C29H31NO3S/c1-31-25-10-7-9-22(21-25)29-28(26-11-3-4-12-27(26)34-29)33-24-15-13-23(14-16-24)32-20-8-19-30-17-5-2-6-18-30/h3-4,7,9-16,21H,2,5-6,8,17-20H2,1H3. The highest BCUT2D eigenvalue weighted by Crippen LogP contribution is 2.46. The molecule has 2 heterocycles. The molecule has 0 radical (unpaired) electrons. The van der Waals surface area contributed by atoms with E-state index in [1.54, 1.807) is 18.4 Å². The summed E-state index contributed by atoms with van der Waals surface area (Å²) < 4.78 is 19.1. The first kappa shape index (κ1) is 22.8. The lowest BCUT2D eigenvalue weighted by atomic mass is 10.1. The number of rotatable bonds is 9. The molecule has 0 saturated carbocycles. The van der Waals surface area contributed by atoms with Crippen molar-refractivity contribution < 1.29 is 14.2 Å². The van der Waals surface area contributed by atoms with E-state index in [1.165, 1.54) is 37.1 Å². The molecule has 0 spiro atoms. The van der Waals surface area contributed by atoms with E-state index in [2.05, 4.69) is 41.3 Å².